The lowest BCUT2D eigenvalue weighted by molar-refractivity contribution is -0.380. The van der Waals surface area contributed by atoms with Gasteiger partial charge in [0.2, 0.25) is 0 Å². The molecule has 0 spiro atoms. The number of hydrogen-bond acceptors (Lipinski definition) is 5. The first-order valence-corrected chi connectivity index (χ1v) is 6.21. The summed E-state index contributed by atoms with van der Waals surface area (Å²) in [5, 5.41) is 0. The Kier molecular flexibility index (Phi) is 5.36. The largest absolute Gasteiger partial charge is 0.466 e. The minimum absolute atomic E-state index is 0.0810. The number of rotatable bonds is 6. The van der Waals surface area contributed by atoms with Gasteiger partial charge in [0.1, 0.15) is 5.92 Å². The first kappa shape index (κ1) is 14.4. The maximum absolute atomic E-state index is 11.9. The maximum atomic E-state index is 11.9. The SMILES string of the molecule is CCOC(=O)C1CC(C)OC1(OCC)OCC. The van der Waals surface area contributed by atoms with Crippen LogP contribution >= 0.6 is 0 Å². The molecule has 1 fully saturated rings. The molecule has 1 rings (SSSR count). The molecule has 100 valence electrons. The molecule has 1 aliphatic heterocycles. The van der Waals surface area contributed by atoms with Crippen molar-refractivity contribution in [3.8, 4) is 0 Å². The quantitative estimate of drug-likeness (QED) is 0.527. The summed E-state index contributed by atoms with van der Waals surface area (Å²) < 4.78 is 21.8. The van der Waals surface area contributed by atoms with Gasteiger partial charge in [-0.1, -0.05) is 0 Å². The minimum atomic E-state index is -1.27. The normalized spacial score (nSPS) is 27.1. The Morgan fingerprint density at radius 2 is 1.82 bits per heavy atom. The zero-order valence-electron chi connectivity index (χ0n) is 11.0. The van der Waals surface area contributed by atoms with Crippen molar-refractivity contribution in [3.05, 3.63) is 0 Å². The topological polar surface area (TPSA) is 54.0 Å². The van der Waals surface area contributed by atoms with Crippen LogP contribution < -0.4 is 0 Å². The lowest BCUT2D eigenvalue weighted by Crippen LogP contribution is -2.45. The molecule has 0 N–H and O–H groups in total. The van der Waals surface area contributed by atoms with Crippen molar-refractivity contribution in [3.63, 3.8) is 0 Å². The van der Waals surface area contributed by atoms with E-state index < -0.39 is 11.9 Å². The zero-order chi connectivity index (χ0) is 12.9. The van der Waals surface area contributed by atoms with Gasteiger partial charge in [0.25, 0.3) is 5.97 Å². The second kappa shape index (κ2) is 6.33. The molecular weight excluding hydrogens is 224 g/mol. The first-order valence-electron chi connectivity index (χ1n) is 6.21. The Balaban J connectivity index is 2.85. The number of carbonyl (C=O) groups excluding carboxylic acids is 1. The monoisotopic (exact) mass is 246 g/mol. The number of ether oxygens (including phenoxy) is 4. The molecule has 0 radical (unpaired) electrons. The molecule has 1 saturated heterocycles. The summed E-state index contributed by atoms with van der Waals surface area (Å²) in [7, 11) is 0. The highest BCUT2D eigenvalue weighted by Gasteiger charge is 2.54. The highest BCUT2D eigenvalue weighted by atomic mass is 16.9. The van der Waals surface area contributed by atoms with Crippen molar-refractivity contribution in [2.75, 3.05) is 19.8 Å². The van der Waals surface area contributed by atoms with Gasteiger partial charge in [0.05, 0.1) is 12.7 Å². The van der Waals surface area contributed by atoms with E-state index in [1.807, 2.05) is 20.8 Å². The Labute approximate surface area is 102 Å². The molecule has 0 bridgehead atoms. The summed E-state index contributed by atoms with van der Waals surface area (Å²) in [6, 6.07) is 0. The van der Waals surface area contributed by atoms with Gasteiger partial charge < -0.3 is 18.9 Å². The van der Waals surface area contributed by atoms with E-state index in [0.29, 0.717) is 26.2 Å². The molecule has 2 atom stereocenters. The van der Waals surface area contributed by atoms with Crippen LogP contribution in [0.5, 0.6) is 0 Å². The molecule has 0 saturated carbocycles. The van der Waals surface area contributed by atoms with E-state index in [2.05, 4.69) is 0 Å². The standard InChI is InChI=1S/C12H22O5/c1-5-14-11(13)10-8-9(4)17-12(10,15-6-2)16-7-3/h9-10H,5-8H2,1-4H3. The van der Waals surface area contributed by atoms with E-state index in [1.54, 1.807) is 6.92 Å². The van der Waals surface area contributed by atoms with E-state index in [9.17, 15) is 4.79 Å². The lowest BCUT2D eigenvalue weighted by atomic mass is 10.0. The van der Waals surface area contributed by atoms with Crippen LogP contribution in [0.1, 0.15) is 34.1 Å². The molecule has 0 aromatic rings. The van der Waals surface area contributed by atoms with Crippen molar-refractivity contribution in [2.24, 2.45) is 5.92 Å². The van der Waals surface area contributed by atoms with Gasteiger partial charge in [0.15, 0.2) is 0 Å². The van der Waals surface area contributed by atoms with E-state index in [-0.39, 0.29) is 12.1 Å². The summed E-state index contributed by atoms with van der Waals surface area (Å²) in [4.78, 5) is 11.9. The van der Waals surface area contributed by atoms with Crippen LogP contribution in [0, 0.1) is 5.92 Å². The molecule has 17 heavy (non-hydrogen) atoms. The number of hydrogen-bond donors (Lipinski definition) is 0. The van der Waals surface area contributed by atoms with E-state index in [0.717, 1.165) is 0 Å². The molecule has 1 aliphatic rings. The van der Waals surface area contributed by atoms with Crippen LogP contribution in [0.15, 0.2) is 0 Å². The van der Waals surface area contributed by atoms with Crippen LogP contribution in [-0.2, 0) is 23.7 Å². The van der Waals surface area contributed by atoms with Crippen molar-refractivity contribution in [2.45, 2.75) is 46.2 Å². The second-order valence-electron chi connectivity index (χ2n) is 3.94. The summed E-state index contributed by atoms with van der Waals surface area (Å²) in [6.07, 6.45) is 0.473. The smallest absolute Gasteiger partial charge is 0.317 e. The zero-order valence-corrected chi connectivity index (χ0v) is 11.0. The molecule has 0 aromatic carbocycles. The van der Waals surface area contributed by atoms with Gasteiger partial charge >= 0.3 is 5.97 Å². The molecular formula is C12H22O5. The molecule has 5 nitrogen and oxygen atoms in total. The first-order chi connectivity index (χ1) is 8.09. The summed E-state index contributed by atoms with van der Waals surface area (Å²) in [5.74, 6) is -2.11. The number of esters is 1. The highest BCUT2D eigenvalue weighted by molar-refractivity contribution is 5.73. The van der Waals surface area contributed by atoms with Gasteiger partial charge in [0, 0.05) is 13.2 Å². The van der Waals surface area contributed by atoms with Gasteiger partial charge in [-0.3, -0.25) is 4.79 Å². The van der Waals surface area contributed by atoms with Gasteiger partial charge in [-0.15, -0.1) is 0 Å². The van der Waals surface area contributed by atoms with Crippen LogP contribution in [-0.4, -0.2) is 37.9 Å². The molecule has 0 aromatic heterocycles. The molecule has 2 unspecified atom stereocenters. The van der Waals surface area contributed by atoms with E-state index in [1.165, 1.54) is 0 Å². The van der Waals surface area contributed by atoms with Crippen LogP contribution in [0.4, 0.5) is 0 Å². The van der Waals surface area contributed by atoms with Crippen LogP contribution in [0.25, 0.3) is 0 Å². The Hall–Kier alpha value is -0.650. The average molecular weight is 246 g/mol. The molecule has 0 amide bonds. The Morgan fingerprint density at radius 1 is 1.24 bits per heavy atom. The predicted octanol–water partition coefficient (Wildman–Crippen LogP) is 1.70. The number of carbonyl (C=O) groups is 1. The van der Waals surface area contributed by atoms with E-state index in [4.69, 9.17) is 18.9 Å². The summed E-state index contributed by atoms with van der Waals surface area (Å²) in [6.45, 7) is 8.54. The predicted molar refractivity (Wildman–Crippen MR) is 61.3 cm³/mol. The van der Waals surface area contributed by atoms with Crippen molar-refractivity contribution in [1.82, 2.24) is 0 Å². The summed E-state index contributed by atoms with van der Waals surface area (Å²) in [5.41, 5.74) is 0. The lowest BCUT2D eigenvalue weighted by Gasteiger charge is -2.31. The van der Waals surface area contributed by atoms with Crippen LogP contribution in [0.2, 0.25) is 0 Å². The third-order valence-electron chi connectivity index (χ3n) is 2.62. The molecule has 0 aliphatic carbocycles. The fourth-order valence-electron chi connectivity index (χ4n) is 2.08. The average Bonchev–Trinajstić information content (AvgIpc) is 2.57. The molecule has 1 heterocycles. The fraction of sp³-hybridized carbons (Fsp3) is 0.917. The maximum Gasteiger partial charge on any atom is 0.317 e. The van der Waals surface area contributed by atoms with E-state index >= 15 is 0 Å². The minimum Gasteiger partial charge on any atom is -0.466 e. The fourth-order valence-corrected chi connectivity index (χ4v) is 2.08. The van der Waals surface area contributed by atoms with Crippen molar-refractivity contribution >= 4 is 5.97 Å². The Morgan fingerprint density at radius 3 is 2.29 bits per heavy atom. The third-order valence-corrected chi connectivity index (χ3v) is 2.62. The summed E-state index contributed by atoms with van der Waals surface area (Å²) >= 11 is 0. The van der Waals surface area contributed by atoms with Gasteiger partial charge in [-0.05, 0) is 34.1 Å². The van der Waals surface area contributed by atoms with Gasteiger partial charge in [-0.25, -0.2) is 0 Å². The highest BCUT2D eigenvalue weighted by Crippen LogP contribution is 2.39. The third kappa shape index (κ3) is 3.18. The van der Waals surface area contributed by atoms with Gasteiger partial charge in [-0.2, -0.15) is 0 Å². The second-order valence-corrected chi connectivity index (χ2v) is 3.94. The van der Waals surface area contributed by atoms with Crippen molar-refractivity contribution in [1.29, 1.82) is 0 Å². The van der Waals surface area contributed by atoms with Crippen LogP contribution in [0.3, 0.4) is 0 Å². The van der Waals surface area contributed by atoms with Crippen molar-refractivity contribution < 1.29 is 23.7 Å². The molecule has 5 heteroatoms. The Bertz CT molecular complexity index is 247.